The summed E-state index contributed by atoms with van der Waals surface area (Å²) in [4.78, 5) is 23.6. The second-order valence-electron chi connectivity index (χ2n) is 8.04. The number of benzene rings is 1. The SMILES string of the molecule is CC(=O)Oc1ccc2c(c1)CC[C@H]1[C@@H]3CCC(=O)[C@@]3(C)C[C@H](Cl)[C@]21O. The maximum atomic E-state index is 12.5. The van der Waals surface area contributed by atoms with Gasteiger partial charge in [-0.25, -0.2) is 0 Å². The van der Waals surface area contributed by atoms with Gasteiger partial charge in [0.2, 0.25) is 0 Å². The van der Waals surface area contributed by atoms with E-state index in [1.165, 1.54) is 6.92 Å². The maximum absolute atomic E-state index is 12.5. The lowest BCUT2D eigenvalue weighted by atomic mass is 9.53. The number of carbonyl (C=O) groups is 2. The molecule has 0 aliphatic heterocycles. The molecule has 1 aromatic rings. The quantitative estimate of drug-likeness (QED) is 0.472. The van der Waals surface area contributed by atoms with E-state index in [1.54, 1.807) is 6.07 Å². The van der Waals surface area contributed by atoms with E-state index in [1.807, 2.05) is 19.1 Å². The van der Waals surface area contributed by atoms with E-state index >= 15 is 0 Å². The van der Waals surface area contributed by atoms with Crippen LogP contribution in [-0.4, -0.2) is 22.2 Å². The number of ketones is 1. The van der Waals surface area contributed by atoms with Crippen molar-refractivity contribution in [3.05, 3.63) is 29.3 Å². The van der Waals surface area contributed by atoms with Crippen LogP contribution >= 0.6 is 11.6 Å². The highest BCUT2D eigenvalue weighted by Crippen LogP contribution is 2.62. The molecule has 3 aliphatic carbocycles. The minimum Gasteiger partial charge on any atom is -0.427 e. The third-order valence-electron chi connectivity index (χ3n) is 6.76. The highest BCUT2D eigenvalue weighted by molar-refractivity contribution is 6.21. The number of rotatable bonds is 1. The van der Waals surface area contributed by atoms with E-state index in [0.717, 1.165) is 30.4 Å². The van der Waals surface area contributed by atoms with Gasteiger partial charge in [-0.1, -0.05) is 13.0 Å². The molecule has 1 aromatic carbocycles. The van der Waals surface area contributed by atoms with Crippen molar-refractivity contribution >= 4 is 23.4 Å². The number of esters is 1. The standard InChI is InChI=1S/C20H23ClO4/c1-11(22)25-13-4-6-14-12(9-13)3-5-16-15-7-8-18(23)19(15,2)10-17(21)20(14,16)24/h4,6,9,15-17,24H,3,5,7-8,10H2,1-2H3/t15-,16-,17-,19-,20-/m0/s1. The second kappa shape index (κ2) is 5.55. The number of Topliss-reactive ketones (excluding diaryl/α,β-unsaturated/α-hetero) is 1. The van der Waals surface area contributed by atoms with Gasteiger partial charge < -0.3 is 9.84 Å². The Labute approximate surface area is 152 Å². The van der Waals surface area contributed by atoms with Gasteiger partial charge in [0.05, 0.1) is 5.38 Å². The Bertz CT molecular complexity index is 760. The van der Waals surface area contributed by atoms with Gasteiger partial charge in [0.1, 0.15) is 17.1 Å². The third kappa shape index (κ3) is 2.30. The number of halogens is 1. The van der Waals surface area contributed by atoms with Gasteiger partial charge in [-0.05, 0) is 60.8 Å². The lowest BCUT2D eigenvalue weighted by Crippen LogP contribution is -2.58. The second-order valence-corrected chi connectivity index (χ2v) is 8.57. The molecule has 2 saturated carbocycles. The maximum Gasteiger partial charge on any atom is 0.308 e. The first-order valence-electron chi connectivity index (χ1n) is 8.98. The molecule has 1 N–H and O–H groups in total. The predicted molar refractivity (Wildman–Crippen MR) is 93.6 cm³/mol. The molecule has 0 saturated heterocycles. The fourth-order valence-corrected chi connectivity index (χ4v) is 6.17. The Hall–Kier alpha value is -1.39. The average Bonchev–Trinajstić information content (AvgIpc) is 2.82. The molecule has 0 amide bonds. The van der Waals surface area contributed by atoms with Crippen LogP contribution in [-0.2, 0) is 21.6 Å². The number of alkyl halides is 1. The van der Waals surface area contributed by atoms with E-state index in [0.29, 0.717) is 24.4 Å². The highest BCUT2D eigenvalue weighted by Gasteiger charge is 2.63. The molecule has 0 heterocycles. The van der Waals surface area contributed by atoms with Gasteiger partial charge in [0.25, 0.3) is 0 Å². The summed E-state index contributed by atoms with van der Waals surface area (Å²) in [7, 11) is 0. The zero-order chi connectivity index (χ0) is 18.0. The number of carbonyl (C=O) groups excluding carboxylic acids is 2. The zero-order valence-electron chi connectivity index (χ0n) is 14.5. The lowest BCUT2D eigenvalue weighted by molar-refractivity contribution is -0.145. The molecule has 3 aliphatic rings. The van der Waals surface area contributed by atoms with Gasteiger partial charge in [-0.2, -0.15) is 0 Å². The summed E-state index contributed by atoms with van der Waals surface area (Å²) in [6.45, 7) is 3.40. The Kier molecular flexibility index (Phi) is 3.79. The van der Waals surface area contributed by atoms with Gasteiger partial charge in [0.15, 0.2) is 0 Å². The molecule has 134 valence electrons. The topological polar surface area (TPSA) is 63.6 Å². The largest absolute Gasteiger partial charge is 0.427 e. The Morgan fingerprint density at radius 2 is 2.00 bits per heavy atom. The normalized spacial score (nSPS) is 39.4. The molecule has 0 unspecified atom stereocenters. The summed E-state index contributed by atoms with van der Waals surface area (Å²) in [5.41, 5.74) is 0.286. The van der Waals surface area contributed by atoms with Crippen LogP contribution < -0.4 is 4.74 Å². The van der Waals surface area contributed by atoms with Crippen molar-refractivity contribution in [2.75, 3.05) is 0 Å². The van der Waals surface area contributed by atoms with Crippen LogP contribution in [0.25, 0.3) is 0 Å². The molecule has 4 nitrogen and oxygen atoms in total. The molecule has 0 spiro atoms. The number of aliphatic hydroxyl groups is 1. The van der Waals surface area contributed by atoms with E-state index in [9.17, 15) is 14.7 Å². The number of ether oxygens (including phenoxy) is 1. The Balaban J connectivity index is 1.77. The first-order valence-corrected chi connectivity index (χ1v) is 9.42. The molecule has 25 heavy (non-hydrogen) atoms. The first kappa shape index (κ1) is 17.0. The van der Waals surface area contributed by atoms with Gasteiger partial charge in [-0.3, -0.25) is 9.59 Å². The van der Waals surface area contributed by atoms with Crippen LogP contribution in [0.5, 0.6) is 5.75 Å². The van der Waals surface area contributed by atoms with Crippen LogP contribution in [0.1, 0.15) is 50.7 Å². The summed E-state index contributed by atoms with van der Waals surface area (Å²) in [5.74, 6) is 0.603. The molecule has 0 bridgehead atoms. The highest BCUT2D eigenvalue weighted by atomic mass is 35.5. The van der Waals surface area contributed by atoms with Crippen LogP contribution in [0.4, 0.5) is 0 Å². The van der Waals surface area contributed by atoms with Gasteiger partial charge in [-0.15, -0.1) is 11.6 Å². The summed E-state index contributed by atoms with van der Waals surface area (Å²) in [6.07, 6.45) is 3.53. The summed E-state index contributed by atoms with van der Waals surface area (Å²) in [5, 5.41) is 11.2. The monoisotopic (exact) mass is 362 g/mol. The fourth-order valence-electron chi connectivity index (χ4n) is 5.57. The molecule has 0 aromatic heterocycles. The summed E-state index contributed by atoms with van der Waals surface area (Å²) in [6, 6.07) is 5.40. The average molecular weight is 363 g/mol. The van der Waals surface area contributed by atoms with Crippen molar-refractivity contribution in [3.63, 3.8) is 0 Å². The van der Waals surface area contributed by atoms with Gasteiger partial charge >= 0.3 is 5.97 Å². The predicted octanol–water partition coefficient (Wildman–Crippen LogP) is 3.36. The van der Waals surface area contributed by atoms with Crippen molar-refractivity contribution in [1.82, 2.24) is 0 Å². The number of fused-ring (bicyclic) bond motifs is 5. The number of hydrogen-bond acceptors (Lipinski definition) is 4. The fraction of sp³-hybridized carbons (Fsp3) is 0.600. The molecule has 0 radical (unpaired) electrons. The Morgan fingerprint density at radius 1 is 1.28 bits per heavy atom. The molecule has 2 fully saturated rings. The van der Waals surface area contributed by atoms with Crippen LogP contribution in [0.3, 0.4) is 0 Å². The van der Waals surface area contributed by atoms with Crippen LogP contribution in [0.2, 0.25) is 0 Å². The molecule has 5 heteroatoms. The van der Waals surface area contributed by atoms with Gasteiger partial charge in [0, 0.05) is 18.8 Å². The molecular weight excluding hydrogens is 340 g/mol. The summed E-state index contributed by atoms with van der Waals surface area (Å²) >= 11 is 6.72. The van der Waals surface area contributed by atoms with Crippen molar-refractivity contribution in [2.24, 2.45) is 17.3 Å². The van der Waals surface area contributed by atoms with Crippen LogP contribution in [0.15, 0.2) is 18.2 Å². The Morgan fingerprint density at radius 3 is 2.72 bits per heavy atom. The van der Waals surface area contributed by atoms with Crippen LogP contribution in [0, 0.1) is 17.3 Å². The number of aryl methyl sites for hydroxylation is 1. The van der Waals surface area contributed by atoms with E-state index < -0.39 is 16.4 Å². The van der Waals surface area contributed by atoms with E-state index in [4.69, 9.17) is 16.3 Å². The van der Waals surface area contributed by atoms with Crippen molar-refractivity contribution in [3.8, 4) is 5.75 Å². The van der Waals surface area contributed by atoms with Crippen molar-refractivity contribution < 1.29 is 19.4 Å². The smallest absolute Gasteiger partial charge is 0.308 e. The summed E-state index contributed by atoms with van der Waals surface area (Å²) < 4.78 is 5.18. The zero-order valence-corrected chi connectivity index (χ0v) is 15.3. The molecule has 5 atom stereocenters. The number of hydrogen-bond donors (Lipinski definition) is 1. The molecular formula is C20H23ClO4. The van der Waals surface area contributed by atoms with E-state index in [-0.39, 0.29) is 17.8 Å². The lowest BCUT2D eigenvalue weighted by Gasteiger charge is -2.55. The molecule has 4 rings (SSSR count). The minimum absolute atomic E-state index is 0.00715. The first-order chi connectivity index (χ1) is 11.8. The van der Waals surface area contributed by atoms with E-state index in [2.05, 4.69) is 0 Å². The minimum atomic E-state index is -1.13. The van der Waals surface area contributed by atoms with Crippen molar-refractivity contribution in [1.29, 1.82) is 0 Å². The third-order valence-corrected chi connectivity index (χ3v) is 7.25. The van der Waals surface area contributed by atoms with Crippen molar-refractivity contribution in [2.45, 2.75) is 56.9 Å².